The van der Waals surface area contributed by atoms with Gasteiger partial charge in [-0.25, -0.2) is 0 Å². The van der Waals surface area contributed by atoms with E-state index in [1.807, 2.05) is 23.1 Å². The lowest BCUT2D eigenvalue weighted by Gasteiger charge is -2.14. The monoisotopic (exact) mass is 302 g/mol. The number of rotatable bonds is 3. The minimum absolute atomic E-state index is 0.328. The van der Waals surface area contributed by atoms with Crippen LogP contribution in [0.15, 0.2) is 47.5 Å². The molecule has 2 nitrogen and oxygen atoms in total. The van der Waals surface area contributed by atoms with Crippen LogP contribution in [-0.4, -0.2) is 11.7 Å². The van der Waals surface area contributed by atoms with Crippen molar-refractivity contribution < 1.29 is 0 Å². The Balaban J connectivity index is 1.60. The Bertz CT molecular complexity index is 604. The van der Waals surface area contributed by atoms with E-state index in [9.17, 15) is 0 Å². The van der Waals surface area contributed by atoms with Crippen molar-refractivity contribution in [2.75, 3.05) is 6.54 Å². The fourth-order valence-electron chi connectivity index (χ4n) is 2.24. The number of benzene rings is 1. The third-order valence-electron chi connectivity index (χ3n) is 3.35. The fraction of sp³-hybridized carbons (Fsp3) is 0.312. The Kier molecular flexibility index (Phi) is 4.13. The van der Waals surface area contributed by atoms with Gasteiger partial charge in [0, 0.05) is 9.75 Å². The van der Waals surface area contributed by atoms with Crippen LogP contribution in [0, 0.1) is 6.92 Å². The van der Waals surface area contributed by atoms with Crippen molar-refractivity contribution in [1.29, 1.82) is 0 Å². The number of thiophene rings is 1. The molecule has 0 saturated heterocycles. The third kappa shape index (κ3) is 3.07. The van der Waals surface area contributed by atoms with Gasteiger partial charge in [0.1, 0.15) is 0 Å². The summed E-state index contributed by atoms with van der Waals surface area (Å²) in [6.07, 6.45) is 0. The number of nitrogens with zero attached hydrogens (tertiary/aromatic N) is 1. The first kappa shape index (κ1) is 13.7. The molecule has 1 aliphatic rings. The second kappa shape index (κ2) is 6.02. The van der Waals surface area contributed by atoms with Crippen LogP contribution in [0.1, 0.15) is 33.5 Å². The normalized spacial score (nSPS) is 19.7. The summed E-state index contributed by atoms with van der Waals surface area (Å²) in [4.78, 5) is 7.37. The topological polar surface area (TPSA) is 24.4 Å². The molecule has 0 amide bonds. The Morgan fingerprint density at radius 2 is 2.00 bits per heavy atom. The zero-order valence-corrected chi connectivity index (χ0v) is 13.3. The highest BCUT2D eigenvalue weighted by Gasteiger charge is 2.22. The molecule has 0 fully saturated rings. The molecular weight excluding hydrogens is 284 g/mol. The Labute approximate surface area is 128 Å². The molecule has 4 heteroatoms. The van der Waals surface area contributed by atoms with Crippen molar-refractivity contribution in [3.05, 3.63) is 57.8 Å². The summed E-state index contributed by atoms with van der Waals surface area (Å²) in [7, 11) is 0. The maximum Gasteiger partial charge on any atom is 0.157 e. The molecule has 3 rings (SSSR count). The van der Waals surface area contributed by atoms with Crippen molar-refractivity contribution in [1.82, 2.24) is 5.32 Å². The van der Waals surface area contributed by atoms with Gasteiger partial charge < -0.3 is 5.32 Å². The van der Waals surface area contributed by atoms with E-state index in [0.717, 1.165) is 11.7 Å². The van der Waals surface area contributed by atoms with Crippen LogP contribution in [0.25, 0.3) is 0 Å². The fourth-order valence-corrected chi connectivity index (χ4v) is 4.22. The molecule has 1 aromatic heterocycles. The summed E-state index contributed by atoms with van der Waals surface area (Å²) in [5, 5.41) is 5.05. The summed E-state index contributed by atoms with van der Waals surface area (Å²) in [6, 6.07) is 15.3. The van der Waals surface area contributed by atoms with Gasteiger partial charge in [-0.15, -0.1) is 11.3 Å². The first-order valence-electron chi connectivity index (χ1n) is 6.81. The zero-order chi connectivity index (χ0) is 13.9. The van der Waals surface area contributed by atoms with E-state index in [-0.39, 0.29) is 0 Å². The second-order valence-corrected chi connectivity index (χ2v) is 7.49. The number of amidine groups is 1. The van der Waals surface area contributed by atoms with Crippen molar-refractivity contribution in [2.24, 2.45) is 4.99 Å². The van der Waals surface area contributed by atoms with Crippen LogP contribution >= 0.6 is 23.1 Å². The standard InChI is InChI=1S/C16H18N2S2/c1-11-8-9-14(19-11)12(2)18-16-17-10-15(20-16)13-6-4-3-5-7-13/h3-9,12,15H,10H2,1-2H3,(H,17,18). The van der Waals surface area contributed by atoms with Crippen molar-refractivity contribution >= 4 is 28.3 Å². The Morgan fingerprint density at radius 1 is 1.20 bits per heavy atom. The number of hydrogen-bond acceptors (Lipinski definition) is 4. The van der Waals surface area contributed by atoms with Crippen LogP contribution < -0.4 is 5.32 Å². The molecule has 2 aromatic rings. The zero-order valence-electron chi connectivity index (χ0n) is 11.7. The molecule has 0 aliphatic carbocycles. The molecule has 1 aromatic carbocycles. The summed E-state index contributed by atoms with van der Waals surface area (Å²) in [5.74, 6) is 0. The minimum Gasteiger partial charge on any atom is -0.358 e. The molecule has 104 valence electrons. The molecule has 0 radical (unpaired) electrons. The van der Waals surface area contributed by atoms with Gasteiger partial charge in [-0.3, -0.25) is 4.99 Å². The summed E-state index contributed by atoms with van der Waals surface area (Å²) < 4.78 is 0. The van der Waals surface area contributed by atoms with Crippen LogP contribution in [-0.2, 0) is 0 Å². The SMILES string of the molecule is Cc1ccc(C(C)NC2=NCC(c3ccccc3)S2)s1. The largest absolute Gasteiger partial charge is 0.358 e. The summed E-state index contributed by atoms with van der Waals surface area (Å²) in [6.45, 7) is 5.21. The van der Waals surface area contributed by atoms with E-state index < -0.39 is 0 Å². The average Bonchev–Trinajstić information content (AvgIpc) is 3.09. The van der Waals surface area contributed by atoms with Gasteiger partial charge in [0.2, 0.25) is 0 Å². The van der Waals surface area contributed by atoms with Gasteiger partial charge in [-0.2, -0.15) is 0 Å². The van der Waals surface area contributed by atoms with E-state index in [1.54, 1.807) is 0 Å². The first-order valence-corrected chi connectivity index (χ1v) is 8.51. The Morgan fingerprint density at radius 3 is 2.70 bits per heavy atom. The van der Waals surface area contributed by atoms with Crippen LogP contribution in [0.5, 0.6) is 0 Å². The highest BCUT2D eigenvalue weighted by atomic mass is 32.2. The molecule has 1 aliphatic heterocycles. The van der Waals surface area contributed by atoms with E-state index in [0.29, 0.717) is 11.3 Å². The number of hydrogen-bond donors (Lipinski definition) is 1. The number of nitrogens with one attached hydrogen (secondary N) is 1. The number of aryl methyl sites for hydroxylation is 1. The highest BCUT2D eigenvalue weighted by molar-refractivity contribution is 8.14. The molecule has 1 N–H and O–H groups in total. The van der Waals surface area contributed by atoms with E-state index in [2.05, 4.69) is 66.6 Å². The lowest BCUT2D eigenvalue weighted by atomic mass is 10.1. The van der Waals surface area contributed by atoms with Crippen molar-refractivity contribution in [3.63, 3.8) is 0 Å². The van der Waals surface area contributed by atoms with Gasteiger partial charge in [-0.1, -0.05) is 42.1 Å². The first-order chi connectivity index (χ1) is 9.72. The summed E-state index contributed by atoms with van der Waals surface area (Å²) >= 11 is 3.69. The van der Waals surface area contributed by atoms with E-state index >= 15 is 0 Å². The molecule has 2 unspecified atom stereocenters. The van der Waals surface area contributed by atoms with Gasteiger partial charge in [0.25, 0.3) is 0 Å². The smallest absolute Gasteiger partial charge is 0.157 e. The molecule has 0 spiro atoms. The Hall–Kier alpha value is -1.26. The van der Waals surface area contributed by atoms with Crippen LogP contribution in [0.2, 0.25) is 0 Å². The van der Waals surface area contributed by atoms with E-state index in [4.69, 9.17) is 0 Å². The van der Waals surface area contributed by atoms with Gasteiger partial charge in [0.15, 0.2) is 5.17 Å². The molecule has 20 heavy (non-hydrogen) atoms. The summed E-state index contributed by atoms with van der Waals surface area (Å²) in [5.41, 5.74) is 1.36. The van der Waals surface area contributed by atoms with Gasteiger partial charge in [0.05, 0.1) is 17.8 Å². The third-order valence-corrected chi connectivity index (χ3v) is 5.71. The van der Waals surface area contributed by atoms with Gasteiger partial charge in [-0.05, 0) is 31.5 Å². The maximum absolute atomic E-state index is 4.64. The maximum atomic E-state index is 4.64. The lowest BCUT2D eigenvalue weighted by molar-refractivity contribution is 0.737. The molecule has 2 heterocycles. The molecular formula is C16H18N2S2. The quantitative estimate of drug-likeness (QED) is 0.899. The highest BCUT2D eigenvalue weighted by Crippen LogP contribution is 2.35. The minimum atomic E-state index is 0.328. The average molecular weight is 302 g/mol. The van der Waals surface area contributed by atoms with E-state index in [1.165, 1.54) is 15.3 Å². The van der Waals surface area contributed by atoms with Gasteiger partial charge >= 0.3 is 0 Å². The number of thioether (sulfide) groups is 1. The van der Waals surface area contributed by atoms with Crippen LogP contribution in [0.4, 0.5) is 0 Å². The molecule has 0 bridgehead atoms. The lowest BCUT2D eigenvalue weighted by Crippen LogP contribution is -2.22. The van der Waals surface area contributed by atoms with Crippen molar-refractivity contribution in [2.45, 2.75) is 25.1 Å². The van der Waals surface area contributed by atoms with Crippen LogP contribution in [0.3, 0.4) is 0 Å². The molecule has 2 atom stereocenters. The predicted octanol–water partition coefficient (Wildman–Crippen LogP) is 4.55. The molecule has 0 saturated carbocycles. The number of aliphatic imine (C=N–C) groups is 1. The predicted molar refractivity (Wildman–Crippen MR) is 89.7 cm³/mol. The second-order valence-electron chi connectivity index (χ2n) is 4.98. The van der Waals surface area contributed by atoms with Crippen molar-refractivity contribution in [3.8, 4) is 0 Å².